The van der Waals surface area contributed by atoms with Crippen LogP contribution in [0.1, 0.15) is 40.9 Å². The molecule has 0 radical (unpaired) electrons. The van der Waals surface area contributed by atoms with E-state index in [9.17, 15) is 4.79 Å². The molecule has 0 saturated carbocycles. The van der Waals surface area contributed by atoms with Crippen molar-refractivity contribution in [3.8, 4) is 0 Å². The summed E-state index contributed by atoms with van der Waals surface area (Å²) in [5, 5.41) is 12.3. The number of ketones is 1. The van der Waals surface area contributed by atoms with Crippen molar-refractivity contribution in [1.82, 2.24) is 24.8 Å². The van der Waals surface area contributed by atoms with Gasteiger partial charge in [-0.05, 0) is 48.9 Å². The lowest BCUT2D eigenvalue weighted by atomic mass is 10.2. The fraction of sp³-hybridized carbons (Fsp3) is 0.412. The molecule has 0 aromatic carbocycles. The highest BCUT2D eigenvalue weighted by Gasteiger charge is 2.17. The Morgan fingerprint density at radius 2 is 2.20 bits per heavy atom. The van der Waals surface area contributed by atoms with E-state index < -0.39 is 0 Å². The molecule has 0 N–H and O–H groups in total. The zero-order valence-electron chi connectivity index (χ0n) is 14.6. The normalized spacial score (nSPS) is 11.2. The van der Waals surface area contributed by atoms with Gasteiger partial charge in [0.1, 0.15) is 12.3 Å². The smallest absolute Gasteiger partial charge is 0.210 e. The van der Waals surface area contributed by atoms with Crippen LogP contribution < -0.4 is 0 Å². The number of carbonyl (C=O) groups excluding carboxylic acids is 1. The molecule has 0 aliphatic heterocycles. The van der Waals surface area contributed by atoms with Crippen molar-refractivity contribution in [3.05, 3.63) is 47.2 Å². The van der Waals surface area contributed by atoms with Crippen LogP contribution in [-0.4, -0.2) is 36.3 Å². The van der Waals surface area contributed by atoms with E-state index >= 15 is 0 Å². The number of thioether (sulfide) groups is 1. The highest BCUT2D eigenvalue weighted by Crippen LogP contribution is 2.21. The molecule has 0 bridgehead atoms. The summed E-state index contributed by atoms with van der Waals surface area (Å²) in [5.41, 5.74) is 2.93. The maximum absolute atomic E-state index is 12.6. The molecule has 8 heteroatoms. The third kappa shape index (κ3) is 3.84. The molecule has 3 rings (SSSR count). The van der Waals surface area contributed by atoms with Gasteiger partial charge in [0, 0.05) is 23.5 Å². The summed E-state index contributed by atoms with van der Waals surface area (Å²) in [5.74, 6) is 1.16. The average Bonchev–Trinajstić information content (AvgIpc) is 3.31. The molecule has 0 aliphatic rings. The summed E-state index contributed by atoms with van der Waals surface area (Å²) in [6, 6.07) is 5.66. The molecule has 0 saturated heterocycles. The fourth-order valence-electron chi connectivity index (χ4n) is 2.81. The first-order chi connectivity index (χ1) is 12.1. The van der Waals surface area contributed by atoms with Crippen LogP contribution in [-0.2, 0) is 13.1 Å². The number of Topliss-reactive ketones (excluding diaryl/α,β-unsaturated/α-hetero) is 1. The van der Waals surface area contributed by atoms with Crippen LogP contribution in [0.2, 0.25) is 0 Å². The van der Waals surface area contributed by atoms with Crippen LogP contribution in [0, 0.1) is 13.8 Å². The highest BCUT2D eigenvalue weighted by atomic mass is 32.2. The second kappa shape index (κ2) is 7.69. The zero-order chi connectivity index (χ0) is 17.8. The first-order valence-corrected chi connectivity index (χ1v) is 9.20. The van der Waals surface area contributed by atoms with Gasteiger partial charge in [0.15, 0.2) is 5.78 Å². The Balaban J connectivity index is 1.67. The number of furan rings is 1. The van der Waals surface area contributed by atoms with Gasteiger partial charge in [-0.3, -0.25) is 4.79 Å². The molecule has 0 fully saturated rings. The Kier molecular flexibility index (Phi) is 5.37. The minimum Gasteiger partial charge on any atom is -0.467 e. The quantitative estimate of drug-likeness (QED) is 0.454. The molecular formula is C17H21N5O2S. The number of aromatic nitrogens is 5. The van der Waals surface area contributed by atoms with E-state index in [-0.39, 0.29) is 5.78 Å². The minimum absolute atomic E-state index is 0.0907. The van der Waals surface area contributed by atoms with E-state index in [1.165, 1.54) is 11.8 Å². The molecular weight excluding hydrogens is 338 g/mol. The maximum Gasteiger partial charge on any atom is 0.210 e. The summed E-state index contributed by atoms with van der Waals surface area (Å²) in [6.45, 7) is 7.55. The monoisotopic (exact) mass is 359 g/mol. The molecule has 25 heavy (non-hydrogen) atoms. The van der Waals surface area contributed by atoms with E-state index in [4.69, 9.17) is 4.42 Å². The van der Waals surface area contributed by atoms with E-state index in [0.29, 0.717) is 17.5 Å². The van der Waals surface area contributed by atoms with Gasteiger partial charge in [-0.15, -0.1) is 5.10 Å². The molecule has 132 valence electrons. The van der Waals surface area contributed by atoms with Gasteiger partial charge in [0.05, 0.1) is 12.0 Å². The van der Waals surface area contributed by atoms with E-state index in [1.54, 1.807) is 10.9 Å². The van der Waals surface area contributed by atoms with Crippen molar-refractivity contribution in [3.63, 3.8) is 0 Å². The van der Waals surface area contributed by atoms with E-state index in [1.807, 2.05) is 32.0 Å². The second-order valence-corrected chi connectivity index (χ2v) is 6.79. The van der Waals surface area contributed by atoms with Crippen molar-refractivity contribution >= 4 is 17.5 Å². The number of carbonyl (C=O) groups is 1. The first kappa shape index (κ1) is 17.5. The number of rotatable bonds is 8. The topological polar surface area (TPSA) is 78.7 Å². The molecule has 0 atom stereocenters. The number of hydrogen-bond acceptors (Lipinski definition) is 6. The van der Waals surface area contributed by atoms with Gasteiger partial charge in [-0.2, -0.15) is 0 Å². The number of aryl methyl sites for hydroxylation is 1. The molecule has 0 amide bonds. The predicted octanol–water partition coefficient (Wildman–Crippen LogP) is 3.12. The lowest BCUT2D eigenvalue weighted by Gasteiger charge is -2.07. The van der Waals surface area contributed by atoms with Gasteiger partial charge >= 0.3 is 0 Å². The second-order valence-electron chi connectivity index (χ2n) is 5.85. The fourth-order valence-corrected chi connectivity index (χ4v) is 3.57. The SMILES string of the molecule is CCCn1c(C)cc(C(=O)CSc2nnnn2Cc2ccco2)c1C. The van der Waals surface area contributed by atoms with Gasteiger partial charge in [-0.25, -0.2) is 4.68 Å². The van der Waals surface area contributed by atoms with Crippen LogP contribution in [0.15, 0.2) is 34.0 Å². The Labute approximate surface area is 150 Å². The Morgan fingerprint density at radius 3 is 2.92 bits per heavy atom. The molecule has 0 aliphatic carbocycles. The number of tetrazole rings is 1. The summed E-state index contributed by atoms with van der Waals surface area (Å²) in [4.78, 5) is 12.6. The Bertz CT molecular complexity index is 851. The Morgan fingerprint density at radius 1 is 1.36 bits per heavy atom. The van der Waals surface area contributed by atoms with Crippen LogP contribution >= 0.6 is 11.8 Å². The largest absolute Gasteiger partial charge is 0.467 e. The Hall–Kier alpha value is -2.35. The molecule has 0 unspecified atom stereocenters. The van der Waals surface area contributed by atoms with Gasteiger partial charge in [0.25, 0.3) is 0 Å². The first-order valence-electron chi connectivity index (χ1n) is 8.21. The van der Waals surface area contributed by atoms with Gasteiger partial charge < -0.3 is 8.98 Å². The molecule has 7 nitrogen and oxygen atoms in total. The van der Waals surface area contributed by atoms with Crippen LogP contribution in [0.4, 0.5) is 0 Å². The number of hydrogen-bond donors (Lipinski definition) is 0. The van der Waals surface area contributed by atoms with Crippen molar-refractivity contribution in [2.45, 2.75) is 45.4 Å². The third-order valence-electron chi connectivity index (χ3n) is 4.04. The molecule has 3 aromatic heterocycles. The molecule has 3 aromatic rings. The van der Waals surface area contributed by atoms with Crippen LogP contribution in [0.3, 0.4) is 0 Å². The number of nitrogens with zero attached hydrogens (tertiary/aromatic N) is 5. The minimum atomic E-state index is 0.0907. The lowest BCUT2D eigenvalue weighted by Crippen LogP contribution is -2.08. The maximum atomic E-state index is 12.6. The van der Waals surface area contributed by atoms with E-state index in [0.717, 1.165) is 35.7 Å². The van der Waals surface area contributed by atoms with E-state index in [2.05, 4.69) is 27.0 Å². The van der Waals surface area contributed by atoms with Crippen LogP contribution in [0.5, 0.6) is 0 Å². The summed E-state index contributed by atoms with van der Waals surface area (Å²) >= 11 is 1.34. The predicted molar refractivity (Wildman–Crippen MR) is 94.9 cm³/mol. The van der Waals surface area contributed by atoms with Crippen LogP contribution in [0.25, 0.3) is 0 Å². The average molecular weight is 359 g/mol. The van der Waals surface area contributed by atoms with Gasteiger partial charge in [0.2, 0.25) is 5.16 Å². The van der Waals surface area contributed by atoms with Crippen molar-refractivity contribution in [2.75, 3.05) is 5.75 Å². The zero-order valence-corrected chi connectivity index (χ0v) is 15.4. The third-order valence-corrected chi connectivity index (χ3v) is 5.00. The van der Waals surface area contributed by atoms with Crippen molar-refractivity contribution in [2.24, 2.45) is 0 Å². The van der Waals surface area contributed by atoms with Crippen molar-refractivity contribution in [1.29, 1.82) is 0 Å². The highest BCUT2D eigenvalue weighted by molar-refractivity contribution is 7.99. The molecule has 3 heterocycles. The summed E-state index contributed by atoms with van der Waals surface area (Å²) < 4.78 is 9.15. The lowest BCUT2D eigenvalue weighted by molar-refractivity contribution is 0.102. The molecule has 0 spiro atoms. The standard InChI is InChI=1S/C17H21N5O2S/c1-4-7-21-12(2)9-15(13(21)3)16(23)11-25-17-18-19-20-22(17)10-14-6-5-8-24-14/h5-6,8-9H,4,7,10-11H2,1-3H3. The van der Waals surface area contributed by atoms with Crippen molar-refractivity contribution < 1.29 is 9.21 Å². The summed E-state index contributed by atoms with van der Waals surface area (Å²) in [6.07, 6.45) is 2.66. The van der Waals surface area contributed by atoms with Gasteiger partial charge in [-0.1, -0.05) is 18.7 Å². The summed E-state index contributed by atoms with van der Waals surface area (Å²) in [7, 11) is 0.